The van der Waals surface area contributed by atoms with Crippen molar-refractivity contribution in [2.45, 2.75) is 32.1 Å². The van der Waals surface area contributed by atoms with E-state index in [2.05, 4.69) is 22.6 Å². The van der Waals surface area contributed by atoms with Gasteiger partial charge in [-0.25, -0.2) is 4.79 Å². The van der Waals surface area contributed by atoms with Crippen LogP contribution in [0.25, 0.3) is 0 Å². The number of urea groups is 1. The molecule has 6 nitrogen and oxygen atoms in total. The topological polar surface area (TPSA) is 81.7 Å². The third kappa shape index (κ3) is 4.10. The average molecular weight is 283 g/mol. The maximum absolute atomic E-state index is 11.6. The van der Waals surface area contributed by atoms with Crippen molar-refractivity contribution in [3.8, 4) is 0 Å². The predicted molar refractivity (Wildman–Crippen MR) is 75.5 cm³/mol. The van der Waals surface area contributed by atoms with E-state index in [9.17, 15) is 9.59 Å². The lowest BCUT2D eigenvalue weighted by molar-refractivity contribution is -0.143. The first-order valence-electron chi connectivity index (χ1n) is 7.45. The number of amides is 2. The second kappa shape index (κ2) is 6.43. The Morgan fingerprint density at radius 3 is 2.45 bits per heavy atom. The number of nitrogens with zero attached hydrogens (tertiary/aromatic N) is 1. The lowest BCUT2D eigenvalue weighted by Gasteiger charge is -2.28. The van der Waals surface area contributed by atoms with E-state index in [0.717, 1.165) is 19.5 Å². The molecule has 0 aromatic carbocycles. The van der Waals surface area contributed by atoms with Gasteiger partial charge in [0.2, 0.25) is 0 Å². The standard InChI is InChI=1S/C14H25N3O3/c1-17-8-3-11(4-9-17)2-7-15-13(20)16-10-14(5-6-14)12(18)19/h11H,2-10H2,1H3,(H,18,19)(H2,15,16,20). The number of likely N-dealkylation sites (tertiary alicyclic amines) is 1. The Morgan fingerprint density at radius 2 is 1.90 bits per heavy atom. The third-order valence-corrected chi connectivity index (χ3v) is 4.57. The molecule has 20 heavy (non-hydrogen) atoms. The molecule has 1 saturated carbocycles. The molecule has 2 amide bonds. The fraction of sp³-hybridized carbons (Fsp3) is 0.857. The Balaban J connectivity index is 1.55. The molecule has 0 bridgehead atoms. The SMILES string of the molecule is CN1CCC(CCNC(=O)NCC2(C(=O)O)CC2)CC1. The molecule has 0 unspecified atom stereocenters. The van der Waals surface area contributed by atoms with E-state index in [-0.39, 0.29) is 12.6 Å². The van der Waals surface area contributed by atoms with Gasteiger partial charge in [-0.3, -0.25) is 4.79 Å². The summed E-state index contributed by atoms with van der Waals surface area (Å²) in [5.41, 5.74) is -0.689. The Hall–Kier alpha value is -1.30. The van der Waals surface area contributed by atoms with Crippen LogP contribution >= 0.6 is 0 Å². The summed E-state index contributed by atoms with van der Waals surface area (Å²) in [7, 11) is 2.14. The molecule has 1 aliphatic heterocycles. The smallest absolute Gasteiger partial charge is 0.314 e. The van der Waals surface area contributed by atoms with Crippen molar-refractivity contribution in [2.75, 3.05) is 33.2 Å². The second-order valence-corrected chi connectivity index (χ2v) is 6.23. The van der Waals surface area contributed by atoms with Crippen molar-refractivity contribution in [1.29, 1.82) is 0 Å². The first kappa shape index (κ1) is 15.1. The largest absolute Gasteiger partial charge is 0.481 e. The normalized spacial score (nSPS) is 22.2. The minimum Gasteiger partial charge on any atom is -0.481 e. The number of piperidine rings is 1. The number of rotatable bonds is 6. The van der Waals surface area contributed by atoms with E-state index in [4.69, 9.17) is 5.11 Å². The Morgan fingerprint density at radius 1 is 1.25 bits per heavy atom. The van der Waals surface area contributed by atoms with Crippen molar-refractivity contribution < 1.29 is 14.7 Å². The molecule has 6 heteroatoms. The molecular formula is C14H25N3O3. The minimum absolute atomic E-state index is 0.238. The van der Waals surface area contributed by atoms with Gasteiger partial charge in [-0.05, 0) is 58.2 Å². The van der Waals surface area contributed by atoms with Crippen LogP contribution in [-0.4, -0.2) is 55.2 Å². The van der Waals surface area contributed by atoms with Gasteiger partial charge in [0, 0.05) is 13.1 Å². The molecular weight excluding hydrogens is 258 g/mol. The highest BCUT2D eigenvalue weighted by molar-refractivity contribution is 5.80. The van der Waals surface area contributed by atoms with Gasteiger partial charge in [-0.1, -0.05) is 0 Å². The number of carbonyl (C=O) groups is 2. The van der Waals surface area contributed by atoms with Crippen LogP contribution in [0.1, 0.15) is 32.1 Å². The monoisotopic (exact) mass is 283 g/mol. The van der Waals surface area contributed by atoms with Crippen molar-refractivity contribution in [2.24, 2.45) is 11.3 Å². The molecule has 1 heterocycles. The molecule has 2 rings (SSSR count). The highest BCUT2D eigenvalue weighted by atomic mass is 16.4. The lowest BCUT2D eigenvalue weighted by Crippen LogP contribution is -2.41. The Bertz CT molecular complexity index is 361. The van der Waals surface area contributed by atoms with E-state index in [1.165, 1.54) is 12.8 Å². The molecule has 0 aromatic heterocycles. The quantitative estimate of drug-likeness (QED) is 0.676. The summed E-state index contributed by atoms with van der Waals surface area (Å²) in [6, 6.07) is -0.245. The maximum Gasteiger partial charge on any atom is 0.314 e. The van der Waals surface area contributed by atoms with Crippen LogP contribution in [-0.2, 0) is 4.79 Å². The molecule has 2 fully saturated rings. The Kier molecular flexibility index (Phi) is 4.86. The highest BCUT2D eigenvalue weighted by Gasteiger charge is 2.50. The average Bonchev–Trinajstić information content (AvgIpc) is 3.20. The summed E-state index contributed by atoms with van der Waals surface area (Å²) in [6.45, 7) is 3.18. The third-order valence-electron chi connectivity index (χ3n) is 4.57. The molecule has 0 radical (unpaired) electrons. The van der Waals surface area contributed by atoms with Crippen LogP contribution in [0.5, 0.6) is 0 Å². The lowest BCUT2D eigenvalue weighted by atomic mass is 9.94. The number of hydrogen-bond acceptors (Lipinski definition) is 3. The molecule has 114 valence electrons. The number of nitrogens with one attached hydrogen (secondary N) is 2. The van der Waals surface area contributed by atoms with E-state index >= 15 is 0 Å². The molecule has 2 aliphatic rings. The Labute approximate surface area is 119 Å². The zero-order chi connectivity index (χ0) is 14.6. The van der Waals surface area contributed by atoms with Gasteiger partial charge >= 0.3 is 12.0 Å². The van der Waals surface area contributed by atoms with E-state index in [1.807, 2.05) is 0 Å². The van der Waals surface area contributed by atoms with Gasteiger partial charge in [-0.15, -0.1) is 0 Å². The van der Waals surface area contributed by atoms with Crippen LogP contribution in [0.2, 0.25) is 0 Å². The summed E-state index contributed by atoms with van der Waals surface area (Å²) < 4.78 is 0. The highest BCUT2D eigenvalue weighted by Crippen LogP contribution is 2.45. The van der Waals surface area contributed by atoms with E-state index < -0.39 is 11.4 Å². The number of carboxylic acid groups (broad SMARTS) is 1. The van der Waals surface area contributed by atoms with Gasteiger partial charge in [0.25, 0.3) is 0 Å². The van der Waals surface area contributed by atoms with Crippen molar-refractivity contribution >= 4 is 12.0 Å². The first-order chi connectivity index (χ1) is 9.52. The maximum atomic E-state index is 11.6. The zero-order valence-electron chi connectivity index (χ0n) is 12.2. The first-order valence-corrected chi connectivity index (χ1v) is 7.45. The van der Waals surface area contributed by atoms with Crippen LogP contribution in [0, 0.1) is 11.3 Å². The van der Waals surface area contributed by atoms with Crippen LogP contribution < -0.4 is 10.6 Å². The molecule has 0 atom stereocenters. The van der Waals surface area contributed by atoms with Crippen LogP contribution in [0.4, 0.5) is 4.79 Å². The zero-order valence-corrected chi connectivity index (χ0v) is 12.2. The van der Waals surface area contributed by atoms with Crippen LogP contribution in [0.3, 0.4) is 0 Å². The number of aliphatic carboxylic acids is 1. The summed E-state index contributed by atoms with van der Waals surface area (Å²) >= 11 is 0. The van der Waals surface area contributed by atoms with Crippen molar-refractivity contribution in [3.05, 3.63) is 0 Å². The van der Waals surface area contributed by atoms with Gasteiger partial charge in [0.15, 0.2) is 0 Å². The number of hydrogen-bond donors (Lipinski definition) is 3. The second-order valence-electron chi connectivity index (χ2n) is 6.23. The minimum atomic E-state index is -0.802. The van der Waals surface area contributed by atoms with Crippen LogP contribution in [0.15, 0.2) is 0 Å². The molecule has 1 aliphatic carbocycles. The molecule has 1 saturated heterocycles. The van der Waals surface area contributed by atoms with E-state index in [1.54, 1.807) is 0 Å². The fourth-order valence-electron chi connectivity index (χ4n) is 2.67. The number of carbonyl (C=O) groups excluding carboxylic acids is 1. The fourth-order valence-corrected chi connectivity index (χ4v) is 2.67. The van der Waals surface area contributed by atoms with Gasteiger partial charge < -0.3 is 20.6 Å². The van der Waals surface area contributed by atoms with E-state index in [0.29, 0.717) is 25.3 Å². The summed E-state index contributed by atoms with van der Waals surface area (Å²) in [4.78, 5) is 24.9. The van der Waals surface area contributed by atoms with Crippen molar-refractivity contribution in [3.63, 3.8) is 0 Å². The predicted octanol–water partition coefficient (Wildman–Crippen LogP) is 0.882. The summed E-state index contributed by atoms with van der Waals surface area (Å²) in [6.07, 6.45) is 4.73. The summed E-state index contributed by atoms with van der Waals surface area (Å²) in [5, 5.41) is 14.5. The van der Waals surface area contributed by atoms with Gasteiger partial charge in [-0.2, -0.15) is 0 Å². The summed E-state index contributed by atoms with van der Waals surface area (Å²) in [5.74, 6) is -0.107. The molecule has 0 spiro atoms. The van der Waals surface area contributed by atoms with Gasteiger partial charge in [0.05, 0.1) is 5.41 Å². The number of carboxylic acids is 1. The van der Waals surface area contributed by atoms with Gasteiger partial charge in [0.1, 0.15) is 0 Å². The van der Waals surface area contributed by atoms with Crippen molar-refractivity contribution in [1.82, 2.24) is 15.5 Å². The molecule has 3 N–H and O–H groups in total. The molecule has 0 aromatic rings.